The molecule has 2 N–H and O–H groups in total. The molecule has 0 spiro atoms. The van der Waals surface area contributed by atoms with Crippen LogP contribution < -0.4 is 5.32 Å². The van der Waals surface area contributed by atoms with E-state index >= 15 is 0 Å². The zero-order valence-corrected chi connectivity index (χ0v) is 13.9. The van der Waals surface area contributed by atoms with E-state index in [0.29, 0.717) is 16.3 Å². The van der Waals surface area contributed by atoms with Gasteiger partial charge in [0.15, 0.2) is 0 Å². The summed E-state index contributed by atoms with van der Waals surface area (Å²) in [5, 5.41) is 13.5. The molecule has 0 aliphatic rings. The van der Waals surface area contributed by atoms with Gasteiger partial charge in [-0.3, -0.25) is 4.79 Å². The van der Waals surface area contributed by atoms with Crippen molar-refractivity contribution in [2.45, 2.75) is 13.0 Å². The predicted octanol–water partition coefficient (Wildman–Crippen LogP) is 3.67. The first-order valence-electron chi connectivity index (χ1n) is 7.66. The summed E-state index contributed by atoms with van der Waals surface area (Å²) in [7, 11) is 0. The van der Waals surface area contributed by atoms with E-state index in [2.05, 4.69) is 10.3 Å². The van der Waals surface area contributed by atoms with Gasteiger partial charge in [-0.1, -0.05) is 41.9 Å². The fraction of sp³-hybridized carbons (Fsp3) is 0.158. The molecule has 4 nitrogen and oxygen atoms in total. The van der Waals surface area contributed by atoms with Crippen LogP contribution in [0.4, 0.5) is 0 Å². The number of amides is 1. The lowest BCUT2D eigenvalue weighted by molar-refractivity contribution is 0.0925. The summed E-state index contributed by atoms with van der Waals surface area (Å²) in [6.07, 6.45) is -0.599. The molecular formula is C19H17ClN2O2. The number of fused-ring (bicyclic) bond motifs is 1. The van der Waals surface area contributed by atoms with E-state index in [4.69, 9.17) is 11.6 Å². The fourth-order valence-electron chi connectivity index (χ4n) is 2.47. The SMILES string of the molecule is CC(O)CNC(=O)c1cc(-c2ccc(Cl)cc2)nc2ccccc12. The molecule has 0 radical (unpaired) electrons. The summed E-state index contributed by atoms with van der Waals surface area (Å²) in [5.74, 6) is -0.232. The van der Waals surface area contributed by atoms with E-state index in [1.165, 1.54) is 0 Å². The maximum Gasteiger partial charge on any atom is 0.252 e. The molecule has 0 aliphatic heterocycles. The van der Waals surface area contributed by atoms with Crippen LogP contribution in [0.15, 0.2) is 54.6 Å². The number of aliphatic hydroxyl groups excluding tert-OH is 1. The molecule has 2 aromatic carbocycles. The van der Waals surface area contributed by atoms with Gasteiger partial charge in [-0.25, -0.2) is 4.98 Å². The number of carbonyl (C=O) groups excluding carboxylic acids is 1. The van der Waals surface area contributed by atoms with Crippen molar-refractivity contribution in [1.82, 2.24) is 10.3 Å². The maximum atomic E-state index is 12.5. The number of rotatable bonds is 4. The van der Waals surface area contributed by atoms with E-state index in [-0.39, 0.29) is 12.5 Å². The standard InChI is InChI=1S/C19H17ClN2O2/c1-12(23)11-21-19(24)16-10-18(13-6-8-14(20)9-7-13)22-17-5-3-2-4-15(16)17/h2-10,12,23H,11H2,1H3,(H,21,24). The topological polar surface area (TPSA) is 62.2 Å². The zero-order chi connectivity index (χ0) is 17.1. The molecule has 24 heavy (non-hydrogen) atoms. The smallest absolute Gasteiger partial charge is 0.252 e. The van der Waals surface area contributed by atoms with E-state index in [1.54, 1.807) is 25.1 Å². The normalized spacial score (nSPS) is 12.1. The van der Waals surface area contributed by atoms with Crippen LogP contribution in [0.2, 0.25) is 5.02 Å². The summed E-state index contributed by atoms with van der Waals surface area (Å²) >= 11 is 5.94. The molecule has 3 rings (SSSR count). The lowest BCUT2D eigenvalue weighted by atomic mass is 10.0. The van der Waals surface area contributed by atoms with Crippen LogP contribution in [0.25, 0.3) is 22.2 Å². The predicted molar refractivity (Wildman–Crippen MR) is 96.2 cm³/mol. The summed E-state index contributed by atoms with van der Waals surface area (Å²) in [6, 6.07) is 16.6. The number of hydrogen-bond acceptors (Lipinski definition) is 3. The highest BCUT2D eigenvalue weighted by Gasteiger charge is 2.14. The van der Waals surface area contributed by atoms with Crippen molar-refractivity contribution >= 4 is 28.4 Å². The summed E-state index contributed by atoms with van der Waals surface area (Å²) in [5.41, 5.74) is 2.86. The van der Waals surface area contributed by atoms with Crippen molar-refractivity contribution in [3.63, 3.8) is 0 Å². The first-order chi connectivity index (χ1) is 11.5. The van der Waals surface area contributed by atoms with Crippen LogP contribution in [0.5, 0.6) is 0 Å². The van der Waals surface area contributed by atoms with Crippen molar-refractivity contribution in [3.05, 3.63) is 65.2 Å². The molecule has 1 unspecified atom stereocenters. The Morgan fingerprint density at radius 1 is 1.21 bits per heavy atom. The minimum Gasteiger partial charge on any atom is -0.392 e. The van der Waals surface area contributed by atoms with Crippen LogP contribution in [0.3, 0.4) is 0 Å². The van der Waals surface area contributed by atoms with Gasteiger partial charge in [0, 0.05) is 22.5 Å². The molecule has 0 bridgehead atoms. The van der Waals surface area contributed by atoms with Gasteiger partial charge in [0.25, 0.3) is 5.91 Å². The Hall–Kier alpha value is -2.43. The van der Waals surface area contributed by atoms with Crippen molar-refractivity contribution in [2.75, 3.05) is 6.54 Å². The number of carbonyl (C=O) groups is 1. The molecule has 0 saturated heterocycles. The van der Waals surface area contributed by atoms with Gasteiger partial charge in [-0.05, 0) is 31.2 Å². The second-order valence-corrected chi connectivity index (χ2v) is 6.07. The molecular weight excluding hydrogens is 324 g/mol. The molecule has 0 aliphatic carbocycles. The van der Waals surface area contributed by atoms with Gasteiger partial charge >= 0.3 is 0 Å². The Labute approximate surface area is 145 Å². The highest BCUT2D eigenvalue weighted by Crippen LogP contribution is 2.25. The minimum absolute atomic E-state index is 0.200. The highest BCUT2D eigenvalue weighted by molar-refractivity contribution is 6.30. The quantitative estimate of drug-likeness (QED) is 0.761. The number of aromatic nitrogens is 1. The van der Waals surface area contributed by atoms with Crippen LogP contribution in [-0.2, 0) is 0 Å². The number of benzene rings is 2. The Balaban J connectivity index is 2.09. The first-order valence-corrected chi connectivity index (χ1v) is 8.04. The van der Waals surface area contributed by atoms with E-state index in [0.717, 1.165) is 16.5 Å². The second kappa shape index (κ2) is 6.99. The van der Waals surface area contributed by atoms with Crippen molar-refractivity contribution in [2.24, 2.45) is 0 Å². The second-order valence-electron chi connectivity index (χ2n) is 5.64. The Morgan fingerprint density at radius 2 is 1.92 bits per heavy atom. The van der Waals surface area contributed by atoms with Crippen molar-refractivity contribution in [3.8, 4) is 11.3 Å². The van der Waals surface area contributed by atoms with Crippen molar-refractivity contribution in [1.29, 1.82) is 0 Å². The largest absolute Gasteiger partial charge is 0.392 e. The first kappa shape index (κ1) is 16.4. The number of aliphatic hydroxyl groups is 1. The number of nitrogens with zero attached hydrogens (tertiary/aromatic N) is 1. The maximum absolute atomic E-state index is 12.5. The molecule has 1 atom stereocenters. The zero-order valence-electron chi connectivity index (χ0n) is 13.2. The van der Waals surface area contributed by atoms with E-state index < -0.39 is 6.10 Å². The average Bonchev–Trinajstić information content (AvgIpc) is 2.59. The van der Waals surface area contributed by atoms with E-state index in [9.17, 15) is 9.90 Å². The average molecular weight is 341 g/mol. The molecule has 0 saturated carbocycles. The van der Waals surface area contributed by atoms with Crippen LogP contribution in [-0.4, -0.2) is 28.6 Å². The third-order valence-electron chi connectivity index (χ3n) is 3.66. The molecule has 3 aromatic rings. The Morgan fingerprint density at radius 3 is 2.62 bits per heavy atom. The molecule has 1 amide bonds. The Kier molecular flexibility index (Phi) is 4.79. The van der Waals surface area contributed by atoms with E-state index in [1.807, 2.05) is 36.4 Å². The summed E-state index contributed by atoms with van der Waals surface area (Å²) < 4.78 is 0. The molecule has 122 valence electrons. The van der Waals surface area contributed by atoms with Crippen LogP contribution in [0.1, 0.15) is 17.3 Å². The molecule has 1 heterocycles. The van der Waals surface area contributed by atoms with Gasteiger partial charge in [0.2, 0.25) is 0 Å². The van der Waals surface area contributed by atoms with Gasteiger partial charge in [0.1, 0.15) is 0 Å². The molecule has 1 aromatic heterocycles. The number of pyridine rings is 1. The minimum atomic E-state index is -0.599. The molecule has 0 fully saturated rings. The van der Waals surface area contributed by atoms with Gasteiger partial charge in [0.05, 0.1) is 22.9 Å². The third kappa shape index (κ3) is 3.55. The number of halogens is 1. The van der Waals surface area contributed by atoms with Crippen LogP contribution >= 0.6 is 11.6 Å². The fourth-order valence-corrected chi connectivity index (χ4v) is 2.59. The van der Waals surface area contributed by atoms with Crippen LogP contribution in [0, 0.1) is 0 Å². The number of nitrogens with one attached hydrogen (secondary N) is 1. The lowest BCUT2D eigenvalue weighted by Gasteiger charge is -2.11. The van der Waals surface area contributed by atoms with Gasteiger partial charge in [-0.2, -0.15) is 0 Å². The third-order valence-corrected chi connectivity index (χ3v) is 3.91. The lowest BCUT2D eigenvalue weighted by Crippen LogP contribution is -2.30. The van der Waals surface area contributed by atoms with Crippen molar-refractivity contribution < 1.29 is 9.90 Å². The Bertz CT molecular complexity index is 876. The highest BCUT2D eigenvalue weighted by atomic mass is 35.5. The number of para-hydroxylation sites is 1. The van der Waals surface area contributed by atoms with Gasteiger partial charge < -0.3 is 10.4 Å². The summed E-state index contributed by atoms with van der Waals surface area (Å²) in [6.45, 7) is 1.83. The van der Waals surface area contributed by atoms with Gasteiger partial charge in [-0.15, -0.1) is 0 Å². The monoisotopic (exact) mass is 340 g/mol. The molecule has 5 heteroatoms. The number of hydrogen-bond donors (Lipinski definition) is 2. The summed E-state index contributed by atoms with van der Waals surface area (Å²) in [4.78, 5) is 17.2.